The van der Waals surface area contributed by atoms with Gasteiger partial charge in [0.1, 0.15) is 0 Å². The summed E-state index contributed by atoms with van der Waals surface area (Å²) in [6, 6.07) is 14.0. The van der Waals surface area contributed by atoms with Gasteiger partial charge in [0, 0.05) is 25.5 Å². The summed E-state index contributed by atoms with van der Waals surface area (Å²) in [5.74, 6) is 0. The summed E-state index contributed by atoms with van der Waals surface area (Å²) < 4.78 is 0. The van der Waals surface area contributed by atoms with E-state index >= 15 is 0 Å². The predicted molar refractivity (Wildman–Crippen MR) is 83.4 cm³/mol. The van der Waals surface area contributed by atoms with Gasteiger partial charge in [-0.05, 0) is 53.4 Å². The largest absolute Gasteiger partial charge is 0.298 e. The average molecular weight is 267 g/mol. The van der Waals surface area contributed by atoms with E-state index < -0.39 is 0 Å². The Morgan fingerprint density at radius 2 is 1.65 bits per heavy atom. The van der Waals surface area contributed by atoms with Crippen molar-refractivity contribution in [3.8, 4) is 0 Å². The van der Waals surface area contributed by atoms with Crippen LogP contribution in [0.3, 0.4) is 0 Å². The normalized spacial score (nSPS) is 11.8. The molecule has 105 valence electrons. The van der Waals surface area contributed by atoms with Crippen LogP contribution < -0.4 is 0 Å². The molecule has 0 amide bonds. The molecule has 2 heteroatoms. The van der Waals surface area contributed by atoms with Crippen LogP contribution in [0.15, 0.2) is 42.7 Å². The van der Waals surface area contributed by atoms with Crippen LogP contribution in [0.2, 0.25) is 0 Å². The Morgan fingerprint density at radius 1 is 1.00 bits per heavy atom. The van der Waals surface area contributed by atoms with Gasteiger partial charge in [0.15, 0.2) is 0 Å². The van der Waals surface area contributed by atoms with Crippen LogP contribution in [0.4, 0.5) is 0 Å². The number of nitrogens with zero attached hydrogens (tertiary/aromatic N) is 2. The van der Waals surface area contributed by atoms with Gasteiger partial charge >= 0.3 is 0 Å². The van der Waals surface area contributed by atoms with Crippen LogP contribution in [0, 0.1) is 6.07 Å². The van der Waals surface area contributed by atoms with E-state index in [9.17, 15) is 0 Å². The molecule has 1 aromatic heterocycles. The van der Waals surface area contributed by atoms with Crippen LogP contribution in [0.1, 0.15) is 37.5 Å². The van der Waals surface area contributed by atoms with E-state index in [4.69, 9.17) is 0 Å². The minimum absolute atomic E-state index is 0.168. The fraction of sp³-hybridized carbons (Fsp3) is 0.389. The molecule has 1 heterocycles. The summed E-state index contributed by atoms with van der Waals surface area (Å²) >= 11 is 0. The molecule has 0 aliphatic heterocycles. The summed E-state index contributed by atoms with van der Waals surface area (Å²) in [6.07, 6.45) is 3.68. The highest BCUT2D eigenvalue weighted by Gasteiger charge is 2.13. The zero-order valence-corrected chi connectivity index (χ0v) is 12.9. The molecule has 0 spiro atoms. The lowest BCUT2D eigenvalue weighted by molar-refractivity contribution is 0.319. The first kappa shape index (κ1) is 14.7. The molecule has 0 atom stereocenters. The number of rotatable bonds is 4. The molecular weight excluding hydrogens is 244 g/mol. The molecule has 0 aliphatic rings. The Kier molecular flexibility index (Phi) is 4.56. The molecule has 2 aromatic rings. The van der Waals surface area contributed by atoms with Crippen LogP contribution in [0.5, 0.6) is 0 Å². The van der Waals surface area contributed by atoms with Crippen molar-refractivity contribution >= 4 is 0 Å². The van der Waals surface area contributed by atoms with Crippen LogP contribution in [-0.4, -0.2) is 16.9 Å². The summed E-state index contributed by atoms with van der Waals surface area (Å²) in [4.78, 5) is 6.35. The third-order valence-corrected chi connectivity index (χ3v) is 3.34. The molecule has 1 radical (unpaired) electrons. The highest BCUT2D eigenvalue weighted by molar-refractivity contribution is 5.26. The number of benzene rings is 1. The van der Waals surface area contributed by atoms with Gasteiger partial charge < -0.3 is 0 Å². The molecule has 0 bridgehead atoms. The quantitative estimate of drug-likeness (QED) is 0.837. The molecule has 0 saturated carbocycles. The van der Waals surface area contributed by atoms with E-state index in [-0.39, 0.29) is 5.41 Å². The average Bonchev–Trinajstić information content (AvgIpc) is 2.39. The van der Waals surface area contributed by atoms with Gasteiger partial charge in [-0.15, -0.1) is 0 Å². The number of aromatic nitrogens is 1. The van der Waals surface area contributed by atoms with Crippen molar-refractivity contribution in [1.29, 1.82) is 0 Å². The van der Waals surface area contributed by atoms with Crippen molar-refractivity contribution in [1.82, 2.24) is 9.88 Å². The molecule has 0 aliphatic carbocycles. The maximum atomic E-state index is 4.05. The van der Waals surface area contributed by atoms with Crippen molar-refractivity contribution < 1.29 is 0 Å². The zero-order chi connectivity index (χ0) is 14.6. The Morgan fingerprint density at radius 3 is 2.20 bits per heavy atom. The molecule has 2 nitrogen and oxygen atoms in total. The van der Waals surface area contributed by atoms with Crippen molar-refractivity contribution in [3.63, 3.8) is 0 Å². The lowest BCUT2D eigenvalue weighted by Gasteiger charge is -2.20. The SMILES string of the molecule is CN(Cc1c[c]c(C(C)(C)C)cc1)Cc1ccncc1. The summed E-state index contributed by atoms with van der Waals surface area (Å²) in [7, 11) is 2.14. The minimum Gasteiger partial charge on any atom is -0.298 e. The zero-order valence-electron chi connectivity index (χ0n) is 12.9. The first-order valence-corrected chi connectivity index (χ1v) is 7.04. The van der Waals surface area contributed by atoms with Gasteiger partial charge in [-0.1, -0.05) is 32.9 Å². The predicted octanol–water partition coefficient (Wildman–Crippen LogP) is 3.81. The fourth-order valence-electron chi connectivity index (χ4n) is 2.19. The Bertz CT molecular complexity index is 524. The van der Waals surface area contributed by atoms with Gasteiger partial charge in [-0.3, -0.25) is 9.88 Å². The molecular formula is C18H23N2. The van der Waals surface area contributed by atoms with Gasteiger partial charge in [-0.2, -0.15) is 0 Å². The van der Waals surface area contributed by atoms with E-state index in [0.717, 1.165) is 13.1 Å². The highest BCUT2D eigenvalue weighted by Crippen LogP contribution is 2.22. The van der Waals surface area contributed by atoms with Crippen LogP contribution in [0.25, 0.3) is 0 Å². The lowest BCUT2D eigenvalue weighted by Crippen LogP contribution is -2.17. The molecule has 0 unspecified atom stereocenters. The van der Waals surface area contributed by atoms with E-state index in [1.54, 1.807) is 0 Å². The van der Waals surface area contributed by atoms with E-state index in [0.29, 0.717) is 0 Å². The van der Waals surface area contributed by atoms with E-state index in [1.807, 2.05) is 12.4 Å². The smallest absolute Gasteiger partial charge is 0.0271 e. The van der Waals surface area contributed by atoms with Gasteiger partial charge in [0.25, 0.3) is 0 Å². The Balaban J connectivity index is 1.96. The number of pyridine rings is 1. The topological polar surface area (TPSA) is 16.1 Å². The summed E-state index contributed by atoms with van der Waals surface area (Å²) in [6.45, 7) is 8.52. The van der Waals surface area contributed by atoms with Crippen molar-refractivity contribution in [3.05, 3.63) is 65.5 Å². The number of hydrogen-bond acceptors (Lipinski definition) is 2. The Labute approximate surface area is 122 Å². The van der Waals surface area contributed by atoms with Gasteiger partial charge in [0.2, 0.25) is 0 Å². The molecule has 0 saturated heterocycles. The summed E-state index contributed by atoms with van der Waals surface area (Å²) in [5.41, 5.74) is 4.02. The highest BCUT2D eigenvalue weighted by atomic mass is 15.1. The summed E-state index contributed by atoms with van der Waals surface area (Å²) in [5, 5.41) is 0. The minimum atomic E-state index is 0.168. The van der Waals surface area contributed by atoms with Crippen LogP contribution in [-0.2, 0) is 18.5 Å². The second kappa shape index (κ2) is 6.19. The monoisotopic (exact) mass is 267 g/mol. The van der Waals surface area contributed by atoms with Gasteiger partial charge in [-0.25, -0.2) is 0 Å². The third kappa shape index (κ3) is 4.17. The third-order valence-electron chi connectivity index (χ3n) is 3.34. The molecule has 0 fully saturated rings. The van der Waals surface area contributed by atoms with Gasteiger partial charge in [0.05, 0.1) is 0 Å². The van der Waals surface area contributed by atoms with E-state index in [1.165, 1.54) is 16.7 Å². The molecule has 20 heavy (non-hydrogen) atoms. The van der Waals surface area contributed by atoms with Crippen molar-refractivity contribution in [2.75, 3.05) is 7.05 Å². The lowest BCUT2D eigenvalue weighted by atomic mass is 9.87. The van der Waals surface area contributed by atoms with Crippen LogP contribution >= 0.6 is 0 Å². The van der Waals surface area contributed by atoms with Crippen molar-refractivity contribution in [2.24, 2.45) is 0 Å². The maximum absolute atomic E-state index is 4.05. The first-order chi connectivity index (χ1) is 9.45. The molecule has 1 aromatic carbocycles. The number of hydrogen-bond donors (Lipinski definition) is 0. The van der Waals surface area contributed by atoms with E-state index in [2.05, 4.69) is 74.1 Å². The maximum Gasteiger partial charge on any atom is 0.0271 e. The standard InChI is InChI=1S/C18H23N2/c1-18(2,3)17-7-5-15(6-8-17)13-20(4)14-16-9-11-19-12-10-16/h5-7,9-12H,13-14H2,1-4H3. The first-order valence-electron chi connectivity index (χ1n) is 7.04. The second-order valence-electron chi connectivity index (χ2n) is 6.39. The second-order valence-corrected chi connectivity index (χ2v) is 6.39. The fourth-order valence-corrected chi connectivity index (χ4v) is 2.19. The Hall–Kier alpha value is -1.67. The molecule has 2 rings (SSSR count). The molecule has 0 N–H and O–H groups in total. The van der Waals surface area contributed by atoms with Crippen molar-refractivity contribution in [2.45, 2.75) is 39.3 Å².